The van der Waals surface area contributed by atoms with Gasteiger partial charge < -0.3 is 18.9 Å². The number of ether oxygens (including phenoxy) is 4. The quantitative estimate of drug-likeness (QED) is 0.236. The summed E-state index contributed by atoms with van der Waals surface area (Å²) in [5, 5.41) is 2.29. The van der Waals surface area contributed by atoms with Crippen molar-refractivity contribution < 1.29 is 23.7 Å². The fourth-order valence-corrected chi connectivity index (χ4v) is 6.67. The van der Waals surface area contributed by atoms with Crippen LogP contribution in [-0.4, -0.2) is 23.9 Å². The number of hydrogen-bond donors (Lipinski definition) is 0. The molecule has 0 spiro atoms. The van der Waals surface area contributed by atoms with Gasteiger partial charge >= 0.3 is 5.97 Å². The molecule has 0 N–H and O–H groups in total. The molecule has 0 saturated carbocycles. The van der Waals surface area contributed by atoms with E-state index >= 15 is 0 Å². The minimum absolute atomic E-state index is 0.114. The van der Waals surface area contributed by atoms with Gasteiger partial charge in [-0.25, -0.2) is 9.79 Å². The number of nitrogens with zero attached hydrogens (tertiary/aromatic N) is 2. The van der Waals surface area contributed by atoms with Crippen LogP contribution < -0.4 is 29.1 Å². The van der Waals surface area contributed by atoms with Crippen molar-refractivity contribution in [3.8, 4) is 17.2 Å². The Bertz CT molecular complexity index is 2140. The van der Waals surface area contributed by atoms with E-state index in [1.54, 1.807) is 30.5 Å². The van der Waals surface area contributed by atoms with Crippen LogP contribution in [-0.2, 0) is 16.1 Å². The number of benzene rings is 4. The molecule has 7 rings (SSSR count). The fraction of sp³-hybridized carbons (Fsp3) is 0.171. The fourth-order valence-electron chi connectivity index (χ4n) is 5.64. The molecule has 9 heteroatoms. The SMILES string of the molecule is CCOC(=O)C1=C(C)N=c2sc(=Cc3ccccc3OCc3cccc4ccccc34)c(=O)n2C1c1ccc2c(c1)OCO2. The number of esters is 1. The third kappa shape index (κ3) is 4.95. The lowest BCUT2D eigenvalue weighted by Crippen LogP contribution is -2.39. The van der Waals surface area contributed by atoms with Crippen LogP contribution in [0.1, 0.15) is 36.6 Å². The number of carbonyl (C=O) groups is 1. The van der Waals surface area contributed by atoms with Crippen LogP contribution in [0.3, 0.4) is 0 Å². The van der Waals surface area contributed by atoms with E-state index < -0.39 is 12.0 Å². The number of thiazole rings is 1. The molecule has 0 radical (unpaired) electrons. The van der Waals surface area contributed by atoms with Gasteiger partial charge in [-0.2, -0.15) is 0 Å². The second-order valence-electron chi connectivity index (χ2n) is 10.4. The van der Waals surface area contributed by atoms with E-state index in [1.165, 1.54) is 11.3 Å². The van der Waals surface area contributed by atoms with Gasteiger partial charge in [0.1, 0.15) is 12.4 Å². The Morgan fingerprint density at radius 3 is 2.70 bits per heavy atom. The summed E-state index contributed by atoms with van der Waals surface area (Å²) in [5.74, 6) is 1.30. The molecule has 0 fully saturated rings. The highest BCUT2D eigenvalue weighted by molar-refractivity contribution is 7.07. The lowest BCUT2D eigenvalue weighted by Gasteiger charge is -2.24. The first-order valence-electron chi connectivity index (χ1n) is 14.3. The van der Waals surface area contributed by atoms with Gasteiger partial charge in [-0.1, -0.05) is 78.1 Å². The minimum Gasteiger partial charge on any atom is -0.488 e. The molecule has 0 aliphatic carbocycles. The molecule has 2 aliphatic rings. The lowest BCUT2D eigenvalue weighted by atomic mass is 9.95. The van der Waals surface area contributed by atoms with Gasteiger partial charge in [-0.15, -0.1) is 0 Å². The van der Waals surface area contributed by atoms with Crippen molar-refractivity contribution in [1.29, 1.82) is 0 Å². The highest BCUT2D eigenvalue weighted by atomic mass is 32.1. The Balaban J connectivity index is 1.30. The van der Waals surface area contributed by atoms with Crippen LogP contribution in [0.25, 0.3) is 16.8 Å². The van der Waals surface area contributed by atoms with Crippen molar-refractivity contribution in [3.05, 3.63) is 133 Å². The van der Waals surface area contributed by atoms with E-state index in [2.05, 4.69) is 29.3 Å². The van der Waals surface area contributed by atoms with Crippen LogP contribution >= 0.6 is 11.3 Å². The summed E-state index contributed by atoms with van der Waals surface area (Å²) in [6.45, 7) is 4.20. The zero-order valence-electron chi connectivity index (χ0n) is 24.1. The molecule has 2 aliphatic heterocycles. The number of carbonyl (C=O) groups excluding carboxylic acids is 1. The van der Waals surface area contributed by atoms with Gasteiger partial charge in [-0.3, -0.25) is 9.36 Å². The van der Waals surface area contributed by atoms with Crippen molar-refractivity contribution in [3.63, 3.8) is 0 Å². The van der Waals surface area contributed by atoms with Crippen LogP contribution in [0.4, 0.5) is 0 Å². The molecule has 8 nitrogen and oxygen atoms in total. The largest absolute Gasteiger partial charge is 0.488 e. The zero-order chi connectivity index (χ0) is 30.2. The molecule has 0 amide bonds. The van der Waals surface area contributed by atoms with Crippen LogP contribution in [0.2, 0.25) is 0 Å². The second-order valence-corrected chi connectivity index (χ2v) is 11.4. The minimum atomic E-state index is -0.750. The summed E-state index contributed by atoms with van der Waals surface area (Å²) in [6, 6.07) is 26.7. The summed E-state index contributed by atoms with van der Waals surface area (Å²) < 4.78 is 24.9. The molecule has 1 atom stereocenters. The summed E-state index contributed by atoms with van der Waals surface area (Å²) in [7, 11) is 0. The van der Waals surface area contributed by atoms with E-state index in [-0.39, 0.29) is 19.0 Å². The third-order valence-electron chi connectivity index (χ3n) is 7.70. The number of rotatable bonds is 7. The Morgan fingerprint density at radius 2 is 1.82 bits per heavy atom. The van der Waals surface area contributed by atoms with Gasteiger partial charge in [0.05, 0.1) is 28.5 Å². The second kappa shape index (κ2) is 11.5. The molecule has 1 aromatic heterocycles. The van der Waals surface area contributed by atoms with E-state index in [0.717, 1.165) is 21.9 Å². The normalized spacial score (nSPS) is 15.7. The smallest absolute Gasteiger partial charge is 0.338 e. The molecule has 0 bridgehead atoms. The summed E-state index contributed by atoms with van der Waals surface area (Å²) in [4.78, 5) is 32.5. The van der Waals surface area contributed by atoms with E-state index in [9.17, 15) is 9.59 Å². The lowest BCUT2D eigenvalue weighted by molar-refractivity contribution is -0.139. The van der Waals surface area contributed by atoms with Gasteiger partial charge in [0.15, 0.2) is 16.3 Å². The molecule has 1 unspecified atom stereocenters. The maximum absolute atomic E-state index is 14.1. The maximum Gasteiger partial charge on any atom is 0.338 e. The summed E-state index contributed by atoms with van der Waals surface area (Å²) in [6.07, 6.45) is 1.82. The maximum atomic E-state index is 14.1. The molecule has 4 aromatic carbocycles. The first kappa shape index (κ1) is 27.7. The Morgan fingerprint density at radius 1 is 1.02 bits per heavy atom. The van der Waals surface area contributed by atoms with Gasteiger partial charge in [0, 0.05) is 5.56 Å². The van der Waals surface area contributed by atoms with Crippen LogP contribution in [0, 0.1) is 0 Å². The number of hydrogen-bond acceptors (Lipinski definition) is 8. The Labute approximate surface area is 256 Å². The standard InChI is InChI=1S/C35H28N2O6S/c1-3-40-34(39)31-21(2)36-35-37(32(31)24-15-16-28-29(17-24)43-20-42-28)33(38)30(44-35)18-23-10-5-7-14-27(23)41-19-25-12-8-11-22-9-4-6-13-26(22)25/h4-18,32H,3,19-20H2,1-2H3. The number of aromatic nitrogens is 1. The molecule has 3 heterocycles. The van der Waals surface area contributed by atoms with Crippen molar-refractivity contribution in [2.75, 3.05) is 13.4 Å². The molecule has 220 valence electrons. The summed E-state index contributed by atoms with van der Waals surface area (Å²) in [5.41, 5.74) is 3.07. The van der Waals surface area contributed by atoms with E-state index in [4.69, 9.17) is 18.9 Å². The first-order chi connectivity index (χ1) is 21.5. The highest BCUT2D eigenvalue weighted by Crippen LogP contribution is 2.38. The van der Waals surface area contributed by atoms with E-state index in [1.807, 2.05) is 54.6 Å². The van der Waals surface area contributed by atoms with Crippen LogP contribution in [0.15, 0.2) is 106 Å². The van der Waals surface area contributed by atoms with Gasteiger partial charge in [0.2, 0.25) is 6.79 Å². The van der Waals surface area contributed by atoms with Gasteiger partial charge in [0.25, 0.3) is 5.56 Å². The van der Waals surface area contributed by atoms with Crippen molar-refractivity contribution in [2.24, 2.45) is 4.99 Å². The molecule has 44 heavy (non-hydrogen) atoms. The highest BCUT2D eigenvalue weighted by Gasteiger charge is 2.34. The predicted octanol–water partition coefficient (Wildman–Crippen LogP) is 5.26. The molecule has 0 saturated heterocycles. The Kier molecular flexibility index (Phi) is 7.23. The Hall–Kier alpha value is -5.15. The molecular weight excluding hydrogens is 576 g/mol. The van der Waals surface area contributed by atoms with Crippen molar-refractivity contribution in [1.82, 2.24) is 4.57 Å². The molecule has 5 aromatic rings. The van der Waals surface area contributed by atoms with Crippen LogP contribution in [0.5, 0.6) is 17.2 Å². The van der Waals surface area contributed by atoms with E-state index in [0.29, 0.717) is 50.0 Å². The number of para-hydroxylation sites is 1. The summed E-state index contributed by atoms with van der Waals surface area (Å²) >= 11 is 1.27. The average molecular weight is 605 g/mol. The number of fused-ring (bicyclic) bond motifs is 3. The monoisotopic (exact) mass is 604 g/mol. The van der Waals surface area contributed by atoms with Crippen molar-refractivity contribution >= 4 is 34.2 Å². The molecular formula is C35H28N2O6S. The predicted molar refractivity (Wildman–Crippen MR) is 168 cm³/mol. The van der Waals surface area contributed by atoms with Crippen molar-refractivity contribution in [2.45, 2.75) is 26.5 Å². The van der Waals surface area contributed by atoms with Gasteiger partial charge in [-0.05, 0) is 60.0 Å². The average Bonchev–Trinajstić information content (AvgIpc) is 3.63. The number of allylic oxidation sites excluding steroid dienone is 1. The first-order valence-corrected chi connectivity index (χ1v) is 15.1. The third-order valence-corrected chi connectivity index (χ3v) is 8.68. The zero-order valence-corrected chi connectivity index (χ0v) is 24.9. The topological polar surface area (TPSA) is 88.4 Å².